The van der Waals surface area contributed by atoms with Gasteiger partial charge in [0.25, 0.3) is 5.91 Å². The molecule has 8 nitrogen and oxygen atoms in total. The lowest BCUT2D eigenvalue weighted by molar-refractivity contribution is 0.0398. The van der Waals surface area contributed by atoms with Crippen molar-refractivity contribution in [2.45, 2.75) is 69.9 Å². The summed E-state index contributed by atoms with van der Waals surface area (Å²) in [7, 11) is 0. The van der Waals surface area contributed by atoms with Gasteiger partial charge in [0.1, 0.15) is 5.82 Å². The minimum absolute atomic E-state index is 0.0105. The highest BCUT2D eigenvalue weighted by molar-refractivity contribution is 6.00. The van der Waals surface area contributed by atoms with Crippen LogP contribution in [0, 0.1) is 5.92 Å². The number of nitrogens with zero attached hydrogens (tertiary/aromatic N) is 5. The third-order valence-electron chi connectivity index (χ3n) is 8.72. The summed E-state index contributed by atoms with van der Waals surface area (Å²) in [6.07, 6.45) is 4.81. The van der Waals surface area contributed by atoms with Crippen LogP contribution < -0.4 is 5.32 Å². The van der Waals surface area contributed by atoms with E-state index in [1.165, 1.54) is 12.8 Å². The van der Waals surface area contributed by atoms with Crippen molar-refractivity contribution in [2.24, 2.45) is 10.9 Å². The third kappa shape index (κ3) is 3.10. The van der Waals surface area contributed by atoms with Crippen LogP contribution in [0.2, 0.25) is 0 Å². The van der Waals surface area contributed by atoms with Gasteiger partial charge in [-0.2, -0.15) is 0 Å². The van der Waals surface area contributed by atoms with Crippen LogP contribution in [0.3, 0.4) is 0 Å². The number of piperazine rings is 1. The Labute approximate surface area is 210 Å². The van der Waals surface area contributed by atoms with Gasteiger partial charge in [0.2, 0.25) is 0 Å². The molecule has 2 saturated heterocycles. The highest BCUT2D eigenvalue weighted by Crippen LogP contribution is 2.43. The maximum atomic E-state index is 13.6. The quantitative estimate of drug-likeness (QED) is 0.412. The van der Waals surface area contributed by atoms with E-state index in [1.54, 1.807) is 0 Å². The van der Waals surface area contributed by atoms with Crippen molar-refractivity contribution in [1.29, 1.82) is 0 Å². The number of aryl methyl sites for hydroxylation is 1. The smallest absolute Gasteiger partial charge is 0.254 e. The lowest BCUT2D eigenvalue weighted by atomic mass is 9.87. The Balaban J connectivity index is 1.40. The lowest BCUT2D eigenvalue weighted by Crippen LogP contribution is -2.40. The molecule has 1 saturated carbocycles. The SMILES string of the molecule is C=Cc1cc(-c2nc3cc(C(=O)N4CC5NC5C4C)cc4c3n2CCC4(C)O)n(CC2CC2)c1N=C. The van der Waals surface area contributed by atoms with Gasteiger partial charge in [-0.25, -0.2) is 9.98 Å². The Bertz CT molecular complexity index is 1460. The van der Waals surface area contributed by atoms with Gasteiger partial charge in [0.05, 0.1) is 22.3 Å². The summed E-state index contributed by atoms with van der Waals surface area (Å²) in [5.41, 5.74) is 3.91. The molecule has 5 heterocycles. The number of likely N-dealkylation sites (tertiary alicyclic amines) is 1. The lowest BCUT2D eigenvalue weighted by Gasteiger charge is -2.31. The van der Waals surface area contributed by atoms with E-state index in [1.807, 2.05) is 30.0 Å². The number of aliphatic hydroxyl groups is 1. The molecule has 36 heavy (non-hydrogen) atoms. The number of carbonyl (C=O) groups excluding carboxylic acids is 1. The topological polar surface area (TPSA) is 97.6 Å². The number of fused-ring (bicyclic) bond motifs is 1. The number of amides is 1. The molecule has 4 unspecified atom stereocenters. The summed E-state index contributed by atoms with van der Waals surface area (Å²) in [6, 6.07) is 6.86. The highest BCUT2D eigenvalue weighted by Gasteiger charge is 2.52. The second-order valence-corrected chi connectivity index (χ2v) is 11.2. The van der Waals surface area contributed by atoms with Crippen LogP contribution in [0.15, 0.2) is 29.8 Å². The summed E-state index contributed by atoms with van der Waals surface area (Å²) in [6.45, 7) is 14.0. The molecule has 1 amide bonds. The van der Waals surface area contributed by atoms with Crippen LogP contribution in [0.1, 0.15) is 54.6 Å². The molecule has 2 N–H and O–H groups in total. The van der Waals surface area contributed by atoms with E-state index in [4.69, 9.17) is 4.98 Å². The van der Waals surface area contributed by atoms with Crippen molar-refractivity contribution in [3.63, 3.8) is 0 Å². The van der Waals surface area contributed by atoms with E-state index in [2.05, 4.69) is 45.7 Å². The highest BCUT2D eigenvalue weighted by atomic mass is 16.3. The molecule has 0 bridgehead atoms. The fourth-order valence-electron chi connectivity index (χ4n) is 6.33. The molecule has 1 aliphatic carbocycles. The van der Waals surface area contributed by atoms with Gasteiger partial charge in [0.15, 0.2) is 5.82 Å². The molecule has 8 heteroatoms. The molecule has 3 fully saturated rings. The van der Waals surface area contributed by atoms with Crippen LogP contribution in [0.25, 0.3) is 28.6 Å². The van der Waals surface area contributed by atoms with Gasteiger partial charge in [-0.1, -0.05) is 12.7 Å². The summed E-state index contributed by atoms with van der Waals surface area (Å²) >= 11 is 0. The second-order valence-electron chi connectivity index (χ2n) is 11.2. The van der Waals surface area contributed by atoms with Crippen molar-refractivity contribution in [3.8, 4) is 11.5 Å². The number of rotatable bonds is 6. The van der Waals surface area contributed by atoms with Gasteiger partial charge in [-0.05, 0) is 63.9 Å². The van der Waals surface area contributed by atoms with Crippen molar-refractivity contribution in [3.05, 3.63) is 41.5 Å². The van der Waals surface area contributed by atoms with Crippen LogP contribution in [0.4, 0.5) is 5.82 Å². The van der Waals surface area contributed by atoms with E-state index in [9.17, 15) is 9.90 Å². The Kier molecular flexibility index (Phi) is 4.52. The van der Waals surface area contributed by atoms with Crippen LogP contribution in [0.5, 0.6) is 0 Å². The zero-order valence-electron chi connectivity index (χ0n) is 20.9. The summed E-state index contributed by atoms with van der Waals surface area (Å²) in [5, 5.41) is 14.8. The zero-order valence-corrected chi connectivity index (χ0v) is 20.9. The van der Waals surface area contributed by atoms with Gasteiger partial charge in [0, 0.05) is 54.5 Å². The second kappa shape index (κ2) is 7.40. The standard InChI is InChI=1S/C28H32N6O2/c1-5-17-12-22(34(25(17)29-4)13-16-6-7-16)26-31-20-11-18(27(35)33-14-21-23(30-21)15(33)2)10-19-24(20)32(26)9-8-28(19,3)36/h5,10-12,15-16,21,23,30,36H,1,4,6-9,13-14H2,2-3H3. The van der Waals surface area contributed by atoms with Crippen molar-refractivity contribution >= 4 is 35.6 Å². The summed E-state index contributed by atoms with van der Waals surface area (Å²) < 4.78 is 4.42. The third-order valence-corrected chi connectivity index (χ3v) is 8.72. The molecule has 4 atom stereocenters. The minimum atomic E-state index is -1.03. The summed E-state index contributed by atoms with van der Waals surface area (Å²) in [4.78, 5) is 25.0. The van der Waals surface area contributed by atoms with E-state index in [-0.39, 0.29) is 11.9 Å². The van der Waals surface area contributed by atoms with Crippen molar-refractivity contribution in [2.75, 3.05) is 6.54 Å². The van der Waals surface area contributed by atoms with E-state index < -0.39 is 5.60 Å². The normalized spacial score (nSPS) is 28.4. The number of hydrogen-bond acceptors (Lipinski definition) is 5. The first-order chi connectivity index (χ1) is 17.3. The Morgan fingerprint density at radius 3 is 2.83 bits per heavy atom. The number of carbonyl (C=O) groups is 1. The monoisotopic (exact) mass is 484 g/mol. The fraction of sp³-hybridized carbons (Fsp3) is 0.464. The van der Waals surface area contributed by atoms with Gasteiger partial charge >= 0.3 is 0 Å². The molecular weight excluding hydrogens is 452 g/mol. The Morgan fingerprint density at radius 2 is 2.17 bits per heavy atom. The molecule has 3 aliphatic heterocycles. The molecule has 3 aromatic rings. The molecule has 2 aromatic heterocycles. The molecule has 186 valence electrons. The first-order valence-electron chi connectivity index (χ1n) is 13.0. The average Bonchev–Trinajstić information content (AvgIpc) is 3.74. The predicted octanol–water partition coefficient (Wildman–Crippen LogP) is 3.69. The summed E-state index contributed by atoms with van der Waals surface area (Å²) in [5.74, 6) is 2.31. The van der Waals surface area contributed by atoms with Crippen molar-refractivity contribution < 1.29 is 9.90 Å². The maximum Gasteiger partial charge on any atom is 0.254 e. The molecular formula is C28H32N6O2. The van der Waals surface area contributed by atoms with E-state index in [0.29, 0.717) is 36.5 Å². The first-order valence-corrected chi connectivity index (χ1v) is 13.0. The Hall–Kier alpha value is -3.23. The molecule has 0 radical (unpaired) electrons. The molecule has 1 aromatic carbocycles. The fourth-order valence-corrected chi connectivity index (χ4v) is 6.33. The number of imidazole rings is 1. The average molecular weight is 485 g/mol. The number of aromatic nitrogens is 3. The van der Waals surface area contributed by atoms with E-state index in [0.717, 1.165) is 52.6 Å². The number of hydrogen-bond donors (Lipinski definition) is 2. The van der Waals surface area contributed by atoms with E-state index >= 15 is 0 Å². The number of benzene rings is 1. The van der Waals surface area contributed by atoms with Crippen LogP contribution in [-0.4, -0.2) is 61.4 Å². The predicted molar refractivity (Wildman–Crippen MR) is 141 cm³/mol. The zero-order chi connectivity index (χ0) is 24.9. The largest absolute Gasteiger partial charge is 0.385 e. The maximum absolute atomic E-state index is 13.6. The minimum Gasteiger partial charge on any atom is -0.385 e. The first kappa shape index (κ1) is 22.0. The van der Waals surface area contributed by atoms with Gasteiger partial charge < -0.3 is 24.5 Å². The molecule has 7 rings (SSSR count). The van der Waals surface area contributed by atoms with Crippen LogP contribution in [-0.2, 0) is 18.7 Å². The van der Waals surface area contributed by atoms with Crippen LogP contribution >= 0.6 is 0 Å². The van der Waals surface area contributed by atoms with Gasteiger partial charge in [-0.15, -0.1) is 0 Å². The molecule has 4 aliphatic rings. The number of nitrogens with one attached hydrogen (secondary N) is 1. The molecule has 0 spiro atoms. The number of aliphatic imine (C=N–C) groups is 1. The van der Waals surface area contributed by atoms with Crippen molar-refractivity contribution in [1.82, 2.24) is 24.3 Å². The van der Waals surface area contributed by atoms with Gasteiger partial charge in [-0.3, -0.25) is 4.79 Å². The Morgan fingerprint density at radius 1 is 1.36 bits per heavy atom.